The van der Waals surface area contributed by atoms with Gasteiger partial charge < -0.3 is 9.32 Å². The molecule has 0 bridgehead atoms. The number of aryl methyl sites for hydroxylation is 1. The van der Waals surface area contributed by atoms with Crippen molar-refractivity contribution >= 4 is 5.91 Å². The number of nitrogens with zero attached hydrogens (tertiary/aromatic N) is 4. The first-order chi connectivity index (χ1) is 10.7. The van der Waals surface area contributed by atoms with E-state index in [0.717, 1.165) is 31.8 Å². The van der Waals surface area contributed by atoms with Gasteiger partial charge in [0, 0.05) is 32.1 Å². The lowest BCUT2D eigenvalue weighted by Crippen LogP contribution is -2.38. The van der Waals surface area contributed by atoms with Crippen molar-refractivity contribution in [3.63, 3.8) is 0 Å². The molecule has 1 saturated heterocycles. The van der Waals surface area contributed by atoms with Crippen LogP contribution in [0.25, 0.3) is 11.6 Å². The highest BCUT2D eigenvalue weighted by molar-refractivity contribution is 5.76. The summed E-state index contributed by atoms with van der Waals surface area (Å²) in [6.07, 6.45) is 4.76. The van der Waals surface area contributed by atoms with E-state index in [0.29, 0.717) is 30.3 Å². The van der Waals surface area contributed by atoms with E-state index in [2.05, 4.69) is 22.1 Å². The molecule has 6 heteroatoms. The maximum atomic E-state index is 12.2. The van der Waals surface area contributed by atoms with E-state index in [1.807, 2.05) is 23.1 Å². The highest BCUT2D eigenvalue weighted by Crippen LogP contribution is 2.18. The van der Waals surface area contributed by atoms with E-state index in [1.165, 1.54) is 0 Å². The maximum Gasteiger partial charge on any atom is 0.266 e. The molecule has 0 aliphatic carbocycles. The van der Waals surface area contributed by atoms with Gasteiger partial charge in [-0.05, 0) is 30.9 Å². The van der Waals surface area contributed by atoms with Crippen LogP contribution in [0.4, 0.5) is 0 Å². The van der Waals surface area contributed by atoms with Gasteiger partial charge in [0.15, 0.2) is 0 Å². The van der Waals surface area contributed by atoms with Gasteiger partial charge in [0.1, 0.15) is 5.69 Å². The third-order valence-corrected chi connectivity index (χ3v) is 4.04. The summed E-state index contributed by atoms with van der Waals surface area (Å²) in [5.41, 5.74) is 0.651. The van der Waals surface area contributed by atoms with Crippen molar-refractivity contribution in [1.29, 1.82) is 0 Å². The van der Waals surface area contributed by atoms with E-state index in [4.69, 9.17) is 4.42 Å². The molecule has 3 heterocycles. The lowest BCUT2D eigenvalue weighted by atomic mass is 9.99. The average Bonchev–Trinajstić information content (AvgIpc) is 3.03. The Hall–Kier alpha value is -2.24. The fourth-order valence-electron chi connectivity index (χ4n) is 2.58. The number of amides is 1. The second kappa shape index (κ2) is 6.68. The first kappa shape index (κ1) is 14.7. The topological polar surface area (TPSA) is 72.1 Å². The second-order valence-corrected chi connectivity index (χ2v) is 5.78. The van der Waals surface area contributed by atoms with Crippen LogP contribution in [0.3, 0.4) is 0 Å². The summed E-state index contributed by atoms with van der Waals surface area (Å²) < 4.78 is 5.57. The summed E-state index contributed by atoms with van der Waals surface area (Å²) >= 11 is 0. The summed E-state index contributed by atoms with van der Waals surface area (Å²) in [4.78, 5) is 18.3. The molecule has 116 valence electrons. The van der Waals surface area contributed by atoms with Crippen LogP contribution in [0.5, 0.6) is 0 Å². The van der Waals surface area contributed by atoms with Crippen LogP contribution in [0.1, 0.15) is 32.1 Å². The molecule has 2 aromatic heterocycles. The molecular formula is C16H20N4O2. The summed E-state index contributed by atoms with van der Waals surface area (Å²) in [5, 5.41) is 7.98. The molecule has 6 nitrogen and oxygen atoms in total. The molecule has 22 heavy (non-hydrogen) atoms. The zero-order valence-corrected chi connectivity index (χ0v) is 12.7. The average molecular weight is 300 g/mol. The van der Waals surface area contributed by atoms with Gasteiger partial charge in [0.25, 0.3) is 5.89 Å². The fraction of sp³-hybridized carbons (Fsp3) is 0.500. The summed E-state index contributed by atoms with van der Waals surface area (Å²) in [7, 11) is 0. The Morgan fingerprint density at radius 3 is 2.86 bits per heavy atom. The SMILES string of the molecule is CC1CCN(C(=O)CCc2nnc(-c3ccccn3)o2)CC1. The minimum Gasteiger partial charge on any atom is -0.419 e. The summed E-state index contributed by atoms with van der Waals surface area (Å²) in [5.74, 6) is 1.78. The van der Waals surface area contributed by atoms with Gasteiger partial charge in [-0.3, -0.25) is 9.78 Å². The van der Waals surface area contributed by atoms with Crippen molar-refractivity contribution in [2.45, 2.75) is 32.6 Å². The number of piperidine rings is 1. The maximum absolute atomic E-state index is 12.2. The van der Waals surface area contributed by atoms with Crippen molar-refractivity contribution < 1.29 is 9.21 Å². The molecule has 1 amide bonds. The molecule has 2 aromatic rings. The minimum absolute atomic E-state index is 0.171. The van der Waals surface area contributed by atoms with Crippen LogP contribution in [0.2, 0.25) is 0 Å². The molecular weight excluding hydrogens is 280 g/mol. The molecule has 0 atom stereocenters. The van der Waals surface area contributed by atoms with Crippen molar-refractivity contribution in [3.8, 4) is 11.6 Å². The molecule has 0 unspecified atom stereocenters. The number of carbonyl (C=O) groups excluding carboxylic acids is 1. The highest BCUT2D eigenvalue weighted by atomic mass is 16.4. The van der Waals surface area contributed by atoms with E-state index in [1.54, 1.807) is 6.20 Å². The van der Waals surface area contributed by atoms with Gasteiger partial charge in [-0.15, -0.1) is 10.2 Å². The molecule has 1 fully saturated rings. The van der Waals surface area contributed by atoms with E-state index < -0.39 is 0 Å². The number of aromatic nitrogens is 3. The normalized spacial score (nSPS) is 16.0. The van der Waals surface area contributed by atoms with E-state index in [9.17, 15) is 4.79 Å². The van der Waals surface area contributed by atoms with Gasteiger partial charge in [0.05, 0.1) is 0 Å². The Morgan fingerprint density at radius 2 is 2.14 bits per heavy atom. The van der Waals surface area contributed by atoms with Crippen molar-refractivity contribution in [2.24, 2.45) is 5.92 Å². The second-order valence-electron chi connectivity index (χ2n) is 5.78. The van der Waals surface area contributed by atoms with Crippen molar-refractivity contribution in [2.75, 3.05) is 13.1 Å². The molecule has 3 rings (SSSR count). The Bertz CT molecular complexity index is 618. The summed E-state index contributed by atoms with van der Waals surface area (Å²) in [6.45, 7) is 3.96. The van der Waals surface area contributed by atoms with E-state index in [-0.39, 0.29) is 5.91 Å². The Kier molecular flexibility index (Phi) is 4.46. The number of rotatable bonds is 4. The number of carbonyl (C=O) groups is 1. The fourth-order valence-corrected chi connectivity index (χ4v) is 2.58. The molecule has 0 aromatic carbocycles. The zero-order valence-electron chi connectivity index (χ0n) is 12.7. The number of hydrogen-bond acceptors (Lipinski definition) is 5. The van der Waals surface area contributed by atoms with Crippen LogP contribution in [-0.2, 0) is 11.2 Å². The Balaban J connectivity index is 1.54. The molecule has 0 radical (unpaired) electrons. The molecule has 0 spiro atoms. The first-order valence-electron chi connectivity index (χ1n) is 7.74. The molecule has 0 saturated carbocycles. The quantitative estimate of drug-likeness (QED) is 0.866. The van der Waals surface area contributed by atoms with Gasteiger partial charge >= 0.3 is 0 Å². The zero-order chi connectivity index (χ0) is 15.4. The molecule has 1 aliphatic rings. The monoisotopic (exact) mass is 300 g/mol. The third-order valence-electron chi connectivity index (χ3n) is 4.04. The van der Waals surface area contributed by atoms with Gasteiger partial charge in [-0.25, -0.2) is 0 Å². The lowest BCUT2D eigenvalue weighted by Gasteiger charge is -2.30. The summed E-state index contributed by atoms with van der Waals surface area (Å²) in [6, 6.07) is 5.52. The highest BCUT2D eigenvalue weighted by Gasteiger charge is 2.20. The van der Waals surface area contributed by atoms with Crippen LogP contribution in [-0.4, -0.2) is 39.1 Å². The largest absolute Gasteiger partial charge is 0.419 e. The smallest absolute Gasteiger partial charge is 0.266 e. The van der Waals surface area contributed by atoms with Gasteiger partial charge in [-0.1, -0.05) is 13.0 Å². The van der Waals surface area contributed by atoms with Crippen LogP contribution in [0, 0.1) is 5.92 Å². The van der Waals surface area contributed by atoms with Crippen LogP contribution < -0.4 is 0 Å². The number of hydrogen-bond donors (Lipinski definition) is 0. The minimum atomic E-state index is 0.171. The van der Waals surface area contributed by atoms with Gasteiger partial charge in [-0.2, -0.15) is 0 Å². The standard InChI is InChI=1S/C16H20N4O2/c1-12-7-10-20(11-8-12)15(21)6-5-14-18-19-16(22-14)13-4-2-3-9-17-13/h2-4,9,12H,5-8,10-11H2,1H3. The number of pyridine rings is 1. The van der Waals surface area contributed by atoms with Crippen LogP contribution >= 0.6 is 0 Å². The van der Waals surface area contributed by atoms with E-state index >= 15 is 0 Å². The molecule has 0 N–H and O–H groups in total. The lowest BCUT2D eigenvalue weighted by molar-refractivity contribution is -0.132. The van der Waals surface area contributed by atoms with Crippen molar-refractivity contribution in [3.05, 3.63) is 30.3 Å². The molecule has 1 aliphatic heterocycles. The number of likely N-dealkylation sites (tertiary alicyclic amines) is 1. The Morgan fingerprint density at radius 1 is 1.32 bits per heavy atom. The third kappa shape index (κ3) is 3.50. The Labute approximate surface area is 129 Å². The van der Waals surface area contributed by atoms with Crippen molar-refractivity contribution in [1.82, 2.24) is 20.1 Å². The predicted molar refractivity (Wildman–Crippen MR) is 80.8 cm³/mol. The predicted octanol–water partition coefficient (Wildman–Crippen LogP) is 2.32. The van der Waals surface area contributed by atoms with Crippen LogP contribution in [0.15, 0.2) is 28.8 Å². The first-order valence-corrected chi connectivity index (χ1v) is 7.74. The van der Waals surface area contributed by atoms with Gasteiger partial charge in [0.2, 0.25) is 11.8 Å².